The highest BCUT2D eigenvalue weighted by Gasteiger charge is 2.59. The molecule has 0 bridgehead atoms. The molecule has 2 aliphatic carbocycles. The number of fused-ring (bicyclic) bond motifs is 2. The van der Waals surface area contributed by atoms with Crippen molar-refractivity contribution in [2.24, 2.45) is 29.6 Å². The van der Waals surface area contributed by atoms with Gasteiger partial charge in [-0.3, -0.25) is 0 Å². The third-order valence-corrected chi connectivity index (χ3v) is 7.49. The summed E-state index contributed by atoms with van der Waals surface area (Å²) in [7, 11) is 0. The van der Waals surface area contributed by atoms with Crippen LogP contribution < -0.4 is 0 Å². The Balaban J connectivity index is 1.85. The van der Waals surface area contributed by atoms with E-state index in [9.17, 15) is 10.2 Å². The van der Waals surface area contributed by atoms with E-state index in [4.69, 9.17) is 4.74 Å². The zero-order chi connectivity index (χ0) is 20.6. The number of hydrogen-bond acceptors (Lipinski definition) is 3. The van der Waals surface area contributed by atoms with Crippen LogP contribution in [0.25, 0.3) is 0 Å². The summed E-state index contributed by atoms with van der Waals surface area (Å²) in [5, 5.41) is 19.6. The molecule has 1 aliphatic heterocycles. The number of epoxide rings is 1. The lowest BCUT2D eigenvalue weighted by Crippen LogP contribution is -2.39. The predicted octanol–water partition coefficient (Wildman–Crippen LogP) is 4.82. The Morgan fingerprint density at radius 2 is 2.11 bits per heavy atom. The molecule has 28 heavy (non-hydrogen) atoms. The normalized spacial score (nSPS) is 40.6. The van der Waals surface area contributed by atoms with Crippen molar-refractivity contribution in [3.8, 4) is 0 Å². The van der Waals surface area contributed by atoms with E-state index >= 15 is 0 Å². The molecule has 2 fully saturated rings. The van der Waals surface area contributed by atoms with E-state index < -0.39 is 6.10 Å². The molecule has 3 aliphatic rings. The molecule has 2 N–H and O–H groups in total. The Morgan fingerprint density at radius 3 is 2.75 bits per heavy atom. The molecule has 1 heterocycles. The number of hydrogen-bond donors (Lipinski definition) is 2. The fourth-order valence-electron chi connectivity index (χ4n) is 5.51. The Labute approximate surface area is 170 Å². The first-order valence-corrected chi connectivity index (χ1v) is 10.8. The molecule has 0 aromatic rings. The van der Waals surface area contributed by atoms with E-state index in [-0.39, 0.29) is 18.1 Å². The number of aliphatic hydroxyl groups is 2. The average molecular weight is 387 g/mol. The summed E-state index contributed by atoms with van der Waals surface area (Å²) in [6, 6.07) is 0. The number of aliphatic hydroxyl groups excluding tert-OH is 2. The molecule has 0 amide bonds. The van der Waals surface area contributed by atoms with Crippen molar-refractivity contribution < 1.29 is 14.9 Å². The van der Waals surface area contributed by atoms with E-state index in [1.807, 2.05) is 19.9 Å². The van der Waals surface area contributed by atoms with Gasteiger partial charge in [-0.25, -0.2) is 0 Å². The minimum atomic E-state index is -0.598. The lowest BCUT2D eigenvalue weighted by molar-refractivity contribution is 0.103. The van der Waals surface area contributed by atoms with Crippen LogP contribution in [0.1, 0.15) is 54.4 Å². The monoisotopic (exact) mass is 386 g/mol. The van der Waals surface area contributed by atoms with Crippen LogP contribution in [0.5, 0.6) is 0 Å². The van der Waals surface area contributed by atoms with Crippen molar-refractivity contribution in [2.45, 2.75) is 72.2 Å². The Morgan fingerprint density at radius 1 is 1.39 bits per heavy atom. The minimum absolute atomic E-state index is 0.00481. The fraction of sp³-hybridized carbons (Fsp3) is 0.680. The molecule has 1 saturated carbocycles. The van der Waals surface area contributed by atoms with Crippen molar-refractivity contribution in [1.29, 1.82) is 0 Å². The van der Waals surface area contributed by atoms with Gasteiger partial charge in [-0.15, -0.1) is 0 Å². The quantitative estimate of drug-likeness (QED) is 0.391. The maximum atomic E-state index is 10.3. The summed E-state index contributed by atoms with van der Waals surface area (Å²) in [5.74, 6) is 1.95. The van der Waals surface area contributed by atoms with Gasteiger partial charge in [0.2, 0.25) is 0 Å². The van der Waals surface area contributed by atoms with Crippen LogP contribution in [0.4, 0.5) is 0 Å². The van der Waals surface area contributed by atoms with E-state index in [1.165, 1.54) is 11.1 Å². The average Bonchev–Trinajstić information content (AvgIpc) is 3.33. The van der Waals surface area contributed by atoms with Gasteiger partial charge in [0.05, 0.1) is 17.8 Å². The molecule has 0 radical (unpaired) electrons. The van der Waals surface area contributed by atoms with Crippen LogP contribution in [0.15, 0.2) is 47.1 Å². The summed E-state index contributed by atoms with van der Waals surface area (Å²) in [6.45, 7) is 12.7. The van der Waals surface area contributed by atoms with Crippen molar-refractivity contribution in [2.75, 3.05) is 6.61 Å². The second-order valence-corrected chi connectivity index (χ2v) is 9.59. The van der Waals surface area contributed by atoms with Crippen LogP contribution in [0, 0.1) is 29.6 Å². The van der Waals surface area contributed by atoms with Crippen LogP contribution in [0.2, 0.25) is 0 Å². The van der Waals surface area contributed by atoms with Crippen molar-refractivity contribution in [3.63, 3.8) is 0 Å². The van der Waals surface area contributed by atoms with Gasteiger partial charge in [0.15, 0.2) is 0 Å². The van der Waals surface area contributed by atoms with E-state index in [0.717, 1.165) is 18.4 Å². The second-order valence-electron chi connectivity index (χ2n) is 9.59. The lowest BCUT2D eigenvalue weighted by atomic mass is 9.59. The van der Waals surface area contributed by atoms with Crippen molar-refractivity contribution >= 4 is 0 Å². The smallest absolute Gasteiger partial charge is 0.0926 e. The molecule has 0 aromatic carbocycles. The topological polar surface area (TPSA) is 53.0 Å². The molecule has 0 aromatic heterocycles. The third-order valence-electron chi connectivity index (χ3n) is 7.49. The molecule has 0 spiro atoms. The van der Waals surface area contributed by atoms with E-state index in [2.05, 4.69) is 52.0 Å². The standard InChI is InChI=1S/C25H38O3/c1-7-15(2)23-17(4)11-19-13-25(6)22(28-25)12-21(19)20(23)10-8-9-16(3)24(27)18(5)14-26/h7-11,18-24,26-27H,12-14H2,1-6H3/b10-8+,15-7+,16-9+/t18-,19+,20-,21+,22-,23+,24+,25+/m0/s1. The third kappa shape index (κ3) is 4.08. The Kier molecular flexibility index (Phi) is 6.38. The second kappa shape index (κ2) is 8.30. The highest BCUT2D eigenvalue weighted by molar-refractivity contribution is 5.30. The first kappa shape index (κ1) is 21.5. The molecule has 3 rings (SSSR count). The van der Waals surface area contributed by atoms with Gasteiger partial charge in [-0.05, 0) is 70.8 Å². The van der Waals surface area contributed by atoms with Gasteiger partial charge >= 0.3 is 0 Å². The zero-order valence-electron chi connectivity index (χ0n) is 18.4. The maximum absolute atomic E-state index is 10.3. The molecule has 156 valence electrons. The van der Waals surface area contributed by atoms with Crippen LogP contribution in [-0.4, -0.2) is 34.6 Å². The van der Waals surface area contributed by atoms with Gasteiger partial charge in [-0.1, -0.05) is 48.5 Å². The molecule has 0 unspecified atom stereocenters. The first-order valence-electron chi connectivity index (χ1n) is 10.8. The van der Waals surface area contributed by atoms with Crippen molar-refractivity contribution in [1.82, 2.24) is 0 Å². The molecular formula is C25H38O3. The summed E-state index contributed by atoms with van der Waals surface area (Å²) < 4.78 is 6.04. The van der Waals surface area contributed by atoms with Gasteiger partial charge in [0.25, 0.3) is 0 Å². The molecule has 8 atom stereocenters. The van der Waals surface area contributed by atoms with Crippen LogP contribution in [-0.2, 0) is 4.74 Å². The van der Waals surface area contributed by atoms with E-state index in [1.54, 1.807) is 0 Å². The van der Waals surface area contributed by atoms with E-state index in [0.29, 0.717) is 29.8 Å². The summed E-state index contributed by atoms with van der Waals surface area (Å²) in [5.41, 5.74) is 3.92. The minimum Gasteiger partial charge on any atom is -0.396 e. The zero-order valence-corrected chi connectivity index (χ0v) is 18.4. The number of allylic oxidation sites excluding steroid dienone is 7. The summed E-state index contributed by atoms with van der Waals surface area (Å²) >= 11 is 0. The van der Waals surface area contributed by atoms with Gasteiger partial charge in [0, 0.05) is 18.4 Å². The maximum Gasteiger partial charge on any atom is 0.0926 e. The molecule has 3 heteroatoms. The molecule has 3 nitrogen and oxygen atoms in total. The van der Waals surface area contributed by atoms with Gasteiger partial charge in [-0.2, -0.15) is 0 Å². The first-order chi connectivity index (χ1) is 13.2. The highest BCUT2D eigenvalue weighted by atomic mass is 16.6. The Hall–Kier alpha value is -1.16. The number of rotatable bonds is 6. The van der Waals surface area contributed by atoms with Crippen LogP contribution >= 0.6 is 0 Å². The highest BCUT2D eigenvalue weighted by Crippen LogP contribution is 2.57. The van der Waals surface area contributed by atoms with Crippen LogP contribution in [0.3, 0.4) is 0 Å². The lowest BCUT2D eigenvalue weighted by Gasteiger charge is -2.44. The van der Waals surface area contributed by atoms with Gasteiger partial charge < -0.3 is 14.9 Å². The SMILES string of the molecule is C/C=C(\C)[C@@H]1C(C)=C[C@@H]2C[C@@]3(C)O[C@H]3C[C@H]2[C@@H]1/C=C/C=C(\C)[C@@H](O)[C@@H](C)CO. The molecule has 1 saturated heterocycles. The van der Waals surface area contributed by atoms with Crippen molar-refractivity contribution in [3.05, 3.63) is 47.1 Å². The largest absolute Gasteiger partial charge is 0.396 e. The molecular weight excluding hydrogens is 348 g/mol. The van der Waals surface area contributed by atoms with Gasteiger partial charge in [0.1, 0.15) is 0 Å². The Bertz CT molecular complexity index is 701. The predicted molar refractivity (Wildman–Crippen MR) is 115 cm³/mol. The summed E-state index contributed by atoms with van der Waals surface area (Å²) in [6.07, 6.45) is 13.4. The fourth-order valence-corrected chi connectivity index (χ4v) is 5.51. The summed E-state index contributed by atoms with van der Waals surface area (Å²) in [4.78, 5) is 0. The number of ether oxygens (including phenoxy) is 1.